The molecule has 0 amide bonds. The topological polar surface area (TPSA) is 32.3 Å². The lowest BCUT2D eigenvalue weighted by molar-refractivity contribution is -0.240. The van der Waals surface area contributed by atoms with Crippen molar-refractivity contribution < 1.29 is 18.3 Å². The molecule has 0 bridgehead atoms. The molecule has 1 saturated carbocycles. The molecule has 0 spiro atoms. The Labute approximate surface area is 161 Å². The summed E-state index contributed by atoms with van der Waals surface area (Å²) in [6.45, 7) is 2.26. The first kappa shape index (κ1) is 19.6. The van der Waals surface area contributed by atoms with E-state index in [-0.39, 0.29) is 22.2 Å². The average Bonchev–Trinajstić information content (AvgIpc) is 3.43. The summed E-state index contributed by atoms with van der Waals surface area (Å²) in [5.41, 5.74) is -1.53. The first-order valence-electron chi connectivity index (χ1n) is 8.60. The number of hydrogen-bond donors (Lipinski definition) is 2. The van der Waals surface area contributed by atoms with Gasteiger partial charge in [0.05, 0.1) is 0 Å². The molecule has 1 aliphatic rings. The van der Waals surface area contributed by atoms with Gasteiger partial charge in [-0.1, -0.05) is 53.3 Å². The van der Waals surface area contributed by atoms with Crippen LogP contribution in [0, 0.1) is 24.7 Å². The molecule has 1 aliphatic carbocycles. The predicted octanol–water partition coefficient (Wildman–Crippen LogP) is 5.42. The molecular weight excluding hydrogens is 375 g/mol. The summed E-state index contributed by atoms with van der Waals surface area (Å²) < 4.78 is 41.3. The van der Waals surface area contributed by atoms with E-state index in [4.69, 9.17) is 11.6 Å². The first-order chi connectivity index (χ1) is 12.7. The lowest BCUT2D eigenvalue weighted by Gasteiger charge is -2.28. The van der Waals surface area contributed by atoms with Crippen LogP contribution in [0.1, 0.15) is 29.5 Å². The fraction of sp³-hybridized carbons (Fsp3) is 0.333. The number of halogens is 4. The highest BCUT2D eigenvalue weighted by Gasteiger charge is 2.55. The molecule has 1 fully saturated rings. The summed E-state index contributed by atoms with van der Waals surface area (Å²) in [4.78, 5) is 0. The third-order valence-electron chi connectivity index (χ3n) is 4.42. The summed E-state index contributed by atoms with van der Waals surface area (Å²) >= 11 is 5.93. The number of alkyl halides is 3. The lowest BCUT2D eigenvalue weighted by atomic mass is 9.91. The van der Waals surface area contributed by atoms with Gasteiger partial charge < -0.3 is 10.4 Å². The molecular formula is C21H19ClF3NO. The first-order valence-corrected chi connectivity index (χ1v) is 8.98. The number of rotatable bonds is 4. The molecule has 0 saturated heterocycles. The third-order valence-corrected chi connectivity index (χ3v) is 4.65. The molecule has 0 radical (unpaired) electrons. The van der Waals surface area contributed by atoms with E-state index in [1.54, 1.807) is 0 Å². The number of aryl methyl sites for hydroxylation is 1. The highest BCUT2D eigenvalue weighted by atomic mass is 35.5. The smallest absolute Gasteiger partial charge is 0.381 e. The van der Waals surface area contributed by atoms with Gasteiger partial charge in [-0.2, -0.15) is 13.2 Å². The van der Waals surface area contributed by atoms with E-state index >= 15 is 0 Å². The van der Waals surface area contributed by atoms with Gasteiger partial charge in [0.15, 0.2) is 0 Å². The van der Waals surface area contributed by atoms with Gasteiger partial charge in [0.1, 0.15) is 0 Å². The molecule has 142 valence electrons. The van der Waals surface area contributed by atoms with Crippen molar-refractivity contribution in [2.24, 2.45) is 5.92 Å². The molecule has 2 aromatic rings. The standard InChI is InChI=1S/C21H19ClF3NO/c1-14-2-4-16(5-3-14)13-26-19-9-8-17(22)12-18(19)20(27,21(23,24)25)11-10-15-6-7-15/h2-5,8-9,12,15,26-27H,6-7,13H2,1H3. The van der Waals surface area contributed by atoms with E-state index in [1.807, 2.05) is 31.2 Å². The Morgan fingerprint density at radius 2 is 1.81 bits per heavy atom. The monoisotopic (exact) mass is 393 g/mol. The molecule has 2 nitrogen and oxygen atoms in total. The van der Waals surface area contributed by atoms with E-state index in [0.29, 0.717) is 6.54 Å². The zero-order chi connectivity index (χ0) is 19.7. The molecule has 6 heteroatoms. The fourth-order valence-corrected chi connectivity index (χ4v) is 2.77. The van der Waals surface area contributed by atoms with Crippen molar-refractivity contribution in [2.45, 2.75) is 38.1 Å². The van der Waals surface area contributed by atoms with E-state index < -0.39 is 11.8 Å². The molecule has 0 aliphatic heterocycles. The van der Waals surface area contributed by atoms with Crippen molar-refractivity contribution in [3.8, 4) is 11.8 Å². The van der Waals surface area contributed by atoms with Crippen LogP contribution >= 0.6 is 11.6 Å². The van der Waals surface area contributed by atoms with Gasteiger partial charge in [-0.05, 0) is 43.5 Å². The highest BCUT2D eigenvalue weighted by Crippen LogP contribution is 2.43. The Kier molecular flexibility index (Phi) is 5.41. The molecule has 0 aromatic heterocycles. The van der Waals surface area contributed by atoms with Gasteiger partial charge in [0.2, 0.25) is 5.60 Å². The van der Waals surface area contributed by atoms with Crippen LogP contribution < -0.4 is 5.32 Å². The van der Waals surface area contributed by atoms with Crippen LogP contribution in [0.15, 0.2) is 42.5 Å². The average molecular weight is 394 g/mol. The number of hydrogen-bond acceptors (Lipinski definition) is 2. The Morgan fingerprint density at radius 1 is 1.15 bits per heavy atom. The van der Waals surface area contributed by atoms with Crippen LogP contribution in [0.4, 0.5) is 18.9 Å². The zero-order valence-corrected chi connectivity index (χ0v) is 15.5. The zero-order valence-electron chi connectivity index (χ0n) is 14.7. The van der Waals surface area contributed by atoms with Gasteiger partial charge in [0.25, 0.3) is 0 Å². The SMILES string of the molecule is Cc1ccc(CNc2ccc(Cl)cc2C(O)(C#CC2CC2)C(F)(F)F)cc1. The molecule has 0 heterocycles. The van der Waals surface area contributed by atoms with Crippen molar-refractivity contribution in [2.75, 3.05) is 5.32 Å². The second kappa shape index (κ2) is 7.46. The number of benzene rings is 2. The maximum atomic E-state index is 13.8. The molecule has 1 atom stereocenters. The van der Waals surface area contributed by atoms with Crippen LogP contribution in [-0.4, -0.2) is 11.3 Å². The van der Waals surface area contributed by atoms with E-state index in [9.17, 15) is 18.3 Å². The van der Waals surface area contributed by atoms with E-state index in [1.165, 1.54) is 12.1 Å². The largest absolute Gasteiger partial charge is 0.433 e. The highest BCUT2D eigenvalue weighted by molar-refractivity contribution is 6.30. The van der Waals surface area contributed by atoms with Crippen molar-refractivity contribution in [1.82, 2.24) is 0 Å². The van der Waals surface area contributed by atoms with Gasteiger partial charge in [0, 0.05) is 28.7 Å². The van der Waals surface area contributed by atoms with Crippen molar-refractivity contribution in [3.63, 3.8) is 0 Å². The predicted molar refractivity (Wildman–Crippen MR) is 100 cm³/mol. The number of aliphatic hydroxyl groups is 1. The van der Waals surface area contributed by atoms with E-state index in [2.05, 4.69) is 17.2 Å². The van der Waals surface area contributed by atoms with Crippen molar-refractivity contribution in [1.29, 1.82) is 0 Å². The molecule has 1 unspecified atom stereocenters. The Bertz CT molecular complexity index is 879. The van der Waals surface area contributed by atoms with Crippen molar-refractivity contribution >= 4 is 17.3 Å². The Morgan fingerprint density at radius 3 is 2.41 bits per heavy atom. The maximum Gasteiger partial charge on any atom is 0.433 e. The second-order valence-electron chi connectivity index (χ2n) is 6.78. The van der Waals surface area contributed by atoms with Gasteiger partial charge in [-0.3, -0.25) is 0 Å². The fourth-order valence-electron chi connectivity index (χ4n) is 2.60. The minimum absolute atomic E-state index is 0.0815. The minimum Gasteiger partial charge on any atom is -0.381 e. The summed E-state index contributed by atoms with van der Waals surface area (Å²) in [7, 11) is 0. The Hall–Kier alpha value is -2.16. The maximum absolute atomic E-state index is 13.8. The number of nitrogens with one attached hydrogen (secondary N) is 1. The quantitative estimate of drug-likeness (QED) is 0.679. The van der Waals surface area contributed by atoms with Gasteiger partial charge in [-0.15, -0.1) is 0 Å². The molecule has 2 aromatic carbocycles. The number of anilines is 1. The van der Waals surface area contributed by atoms with Crippen LogP contribution in [0.3, 0.4) is 0 Å². The summed E-state index contributed by atoms with van der Waals surface area (Å²) in [6, 6.07) is 11.7. The molecule has 2 N–H and O–H groups in total. The lowest BCUT2D eigenvalue weighted by Crippen LogP contribution is -2.41. The minimum atomic E-state index is -4.96. The van der Waals surface area contributed by atoms with Crippen molar-refractivity contribution in [3.05, 3.63) is 64.2 Å². The molecule has 27 heavy (non-hydrogen) atoms. The van der Waals surface area contributed by atoms with Crippen LogP contribution in [0.2, 0.25) is 5.02 Å². The van der Waals surface area contributed by atoms with Crippen LogP contribution in [-0.2, 0) is 12.1 Å². The Balaban J connectivity index is 1.96. The van der Waals surface area contributed by atoms with Gasteiger partial charge in [-0.25, -0.2) is 0 Å². The molecule has 3 rings (SSSR count). The third kappa shape index (κ3) is 4.58. The second-order valence-corrected chi connectivity index (χ2v) is 7.22. The summed E-state index contributed by atoms with van der Waals surface area (Å²) in [6.07, 6.45) is -3.44. The van der Waals surface area contributed by atoms with Crippen LogP contribution in [0.5, 0.6) is 0 Å². The van der Waals surface area contributed by atoms with Gasteiger partial charge >= 0.3 is 6.18 Å². The summed E-state index contributed by atoms with van der Waals surface area (Å²) in [5, 5.41) is 13.6. The normalized spacial score (nSPS) is 16.2. The van der Waals surface area contributed by atoms with E-state index in [0.717, 1.165) is 30.0 Å². The van der Waals surface area contributed by atoms with Crippen LogP contribution in [0.25, 0.3) is 0 Å². The summed E-state index contributed by atoms with van der Waals surface area (Å²) in [5.74, 6) is 4.53.